The van der Waals surface area contributed by atoms with Crippen LogP contribution in [0.15, 0.2) is 30.3 Å². The number of aryl methyl sites for hydroxylation is 1. The van der Waals surface area contributed by atoms with Gasteiger partial charge in [-0.3, -0.25) is 4.79 Å². The van der Waals surface area contributed by atoms with E-state index in [1.165, 1.54) is 11.1 Å². The van der Waals surface area contributed by atoms with Crippen molar-refractivity contribution in [2.24, 2.45) is 11.8 Å². The van der Waals surface area contributed by atoms with Gasteiger partial charge in [0.2, 0.25) is 5.91 Å². The van der Waals surface area contributed by atoms with Crippen molar-refractivity contribution in [3.63, 3.8) is 0 Å². The average molecular weight is 426 g/mol. The van der Waals surface area contributed by atoms with Crippen LogP contribution in [0.5, 0.6) is 11.5 Å². The van der Waals surface area contributed by atoms with Crippen molar-refractivity contribution in [2.75, 3.05) is 13.7 Å². The molecule has 0 saturated carbocycles. The SMILES string of the molecule is COc1ccc(CNC(=O)[C@@H](C)[C@@H]2CCc3c(C)cc(OCC(=O)O)c(C)c3C2)cc1. The number of benzene rings is 2. The van der Waals surface area contributed by atoms with Gasteiger partial charge in [0, 0.05) is 12.5 Å². The fourth-order valence-electron chi connectivity index (χ4n) is 4.35. The monoisotopic (exact) mass is 425 g/mol. The van der Waals surface area contributed by atoms with Gasteiger partial charge in [0.25, 0.3) is 0 Å². The summed E-state index contributed by atoms with van der Waals surface area (Å²) in [6, 6.07) is 9.61. The molecule has 2 N–H and O–H groups in total. The fourth-order valence-corrected chi connectivity index (χ4v) is 4.35. The lowest BCUT2D eigenvalue weighted by Gasteiger charge is -2.31. The largest absolute Gasteiger partial charge is 0.497 e. The van der Waals surface area contributed by atoms with E-state index in [9.17, 15) is 9.59 Å². The first-order valence-electron chi connectivity index (χ1n) is 10.7. The minimum absolute atomic E-state index is 0.0527. The van der Waals surface area contributed by atoms with Crippen LogP contribution < -0.4 is 14.8 Å². The lowest BCUT2D eigenvalue weighted by atomic mass is 9.74. The highest BCUT2D eigenvalue weighted by Gasteiger charge is 2.30. The van der Waals surface area contributed by atoms with E-state index in [0.29, 0.717) is 12.3 Å². The van der Waals surface area contributed by atoms with Gasteiger partial charge >= 0.3 is 5.97 Å². The lowest BCUT2D eigenvalue weighted by Crippen LogP contribution is -2.35. The molecule has 3 rings (SSSR count). The van der Waals surface area contributed by atoms with E-state index in [0.717, 1.165) is 41.7 Å². The Bertz CT molecular complexity index is 951. The number of nitrogens with one attached hydrogen (secondary N) is 1. The van der Waals surface area contributed by atoms with Crippen LogP contribution in [0.25, 0.3) is 0 Å². The molecule has 0 bridgehead atoms. The van der Waals surface area contributed by atoms with Gasteiger partial charge < -0.3 is 19.9 Å². The van der Waals surface area contributed by atoms with E-state index in [-0.39, 0.29) is 24.3 Å². The Kier molecular flexibility index (Phi) is 7.21. The Morgan fingerprint density at radius 3 is 2.55 bits per heavy atom. The number of hydrogen-bond acceptors (Lipinski definition) is 4. The number of rotatable bonds is 8. The average Bonchev–Trinajstić information content (AvgIpc) is 2.78. The van der Waals surface area contributed by atoms with Crippen molar-refractivity contribution in [1.82, 2.24) is 5.32 Å². The number of fused-ring (bicyclic) bond motifs is 1. The second-order valence-corrected chi connectivity index (χ2v) is 8.31. The van der Waals surface area contributed by atoms with Gasteiger partial charge in [0.05, 0.1) is 7.11 Å². The standard InChI is InChI=1S/C25H31NO5/c1-15-11-23(31-14-24(27)28)17(3)22-12-19(7-10-21(15)22)16(2)25(29)26-13-18-5-8-20(30-4)9-6-18/h5-6,8-9,11,16,19H,7,10,12-14H2,1-4H3,(H,26,29)(H,27,28)/t16-,19+/m0/s1. The molecule has 166 valence electrons. The van der Waals surface area contributed by atoms with Crippen molar-refractivity contribution < 1.29 is 24.2 Å². The first-order valence-corrected chi connectivity index (χ1v) is 10.7. The summed E-state index contributed by atoms with van der Waals surface area (Å²) < 4.78 is 10.7. The summed E-state index contributed by atoms with van der Waals surface area (Å²) in [4.78, 5) is 23.7. The molecule has 1 aliphatic carbocycles. The van der Waals surface area contributed by atoms with Gasteiger partial charge in [-0.05, 0) is 85.0 Å². The van der Waals surface area contributed by atoms with E-state index in [4.69, 9.17) is 14.6 Å². The van der Waals surface area contributed by atoms with E-state index in [1.54, 1.807) is 7.11 Å². The molecule has 0 aromatic heterocycles. The zero-order valence-electron chi connectivity index (χ0n) is 18.7. The molecule has 1 amide bonds. The Labute approximate surface area is 183 Å². The summed E-state index contributed by atoms with van der Waals surface area (Å²) >= 11 is 0. The number of carboxylic acids is 1. The van der Waals surface area contributed by atoms with Crippen molar-refractivity contribution in [1.29, 1.82) is 0 Å². The third kappa shape index (κ3) is 5.37. The molecule has 2 atom stereocenters. The fraction of sp³-hybridized carbons (Fsp3) is 0.440. The normalized spacial score (nSPS) is 16.2. The molecule has 0 saturated heterocycles. The highest BCUT2D eigenvalue weighted by atomic mass is 16.5. The van der Waals surface area contributed by atoms with Crippen LogP contribution in [0.2, 0.25) is 0 Å². The summed E-state index contributed by atoms with van der Waals surface area (Å²) in [5.41, 5.74) is 5.64. The quantitative estimate of drug-likeness (QED) is 0.671. The number of hydrogen-bond donors (Lipinski definition) is 2. The summed E-state index contributed by atoms with van der Waals surface area (Å²) in [7, 11) is 1.63. The number of ether oxygens (including phenoxy) is 2. The molecule has 2 aromatic carbocycles. The maximum absolute atomic E-state index is 12.8. The molecule has 6 heteroatoms. The van der Waals surface area contributed by atoms with Crippen molar-refractivity contribution in [3.8, 4) is 11.5 Å². The predicted molar refractivity (Wildman–Crippen MR) is 119 cm³/mol. The predicted octanol–water partition coefficient (Wildman–Crippen LogP) is 3.83. The van der Waals surface area contributed by atoms with Gasteiger partial charge in [0.15, 0.2) is 6.61 Å². The second kappa shape index (κ2) is 9.86. The first-order chi connectivity index (χ1) is 14.8. The van der Waals surface area contributed by atoms with E-state index < -0.39 is 5.97 Å². The molecular formula is C25H31NO5. The zero-order chi connectivity index (χ0) is 22.5. The second-order valence-electron chi connectivity index (χ2n) is 8.31. The Morgan fingerprint density at radius 1 is 1.19 bits per heavy atom. The Balaban J connectivity index is 1.66. The van der Waals surface area contributed by atoms with E-state index in [1.807, 2.05) is 51.1 Å². The molecule has 2 aromatic rings. The van der Waals surface area contributed by atoms with Crippen LogP contribution in [-0.2, 0) is 29.0 Å². The molecule has 0 radical (unpaired) electrons. The number of amides is 1. The van der Waals surface area contributed by atoms with E-state index >= 15 is 0 Å². The van der Waals surface area contributed by atoms with Crippen molar-refractivity contribution in [3.05, 3.63) is 58.1 Å². The molecule has 1 aliphatic rings. The van der Waals surface area contributed by atoms with Crippen LogP contribution in [0.3, 0.4) is 0 Å². The summed E-state index contributed by atoms with van der Waals surface area (Å²) in [5.74, 6) is 0.593. The minimum atomic E-state index is -0.991. The van der Waals surface area contributed by atoms with Gasteiger partial charge in [-0.15, -0.1) is 0 Å². The third-order valence-electron chi connectivity index (χ3n) is 6.34. The minimum Gasteiger partial charge on any atom is -0.497 e. The highest BCUT2D eigenvalue weighted by Crippen LogP contribution is 2.37. The number of carbonyl (C=O) groups excluding carboxylic acids is 1. The topological polar surface area (TPSA) is 84.9 Å². The number of carbonyl (C=O) groups is 2. The number of aliphatic carboxylic acids is 1. The summed E-state index contributed by atoms with van der Waals surface area (Å²) in [6.07, 6.45) is 2.67. The molecule has 0 fully saturated rings. The molecule has 31 heavy (non-hydrogen) atoms. The maximum Gasteiger partial charge on any atom is 0.341 e. The zero-order valence-corrected chi connectivity index (χ0v) is 18.7. The van der Waals surface area contributed by atoms with Crippen LogP contribution in [0, 0.1) is 25.7 Å². The third-order valence-corrected chi connectivity index (χ3v) is 6.34. The highest BCUT2D eigenvalue weighted by molar-refractivity contribution is 5.78. The number of carboxylic acid groups (broad SMARTS) is 1. The number of methoxy groups -OCH3 is 1. The van der Waals surface area contributed by atoms with Crippen LogP contribution in [-0.4, -0.2) is 30.7 Å². The smallest absolute Gasteiger partial charge is 0.341 e. The van der Waals surface area contributed by atoms with Crippen LogP contribution in [0.4, 0.5) is 0 Å². The van der Waals surface area contributed by atoms with Gasteiger partial charge in [-0.2, -0.15) is 0 Å². The molecule has 0 aliphatic heterocycles. The van der Waals surface area contributed by atoms with Crippen molar-refractivity contribution >= 4 is 11.9 Å². The van der Waals surface area contributed by atoms with Gasteiger partial charge in [-0.1, -0.05) is 19.1 Å². The summed E-state index contributed by atoms with van der Waals surface area (Å²) in [6.45, 7) is 6.14. The molecule has 0 heterocycles. The van der Waals surface area contributed by atoms with Gasteiger partial charge in [-0.25, -0.2) is 4.79 Å². The molecular weight excluding hydrogens is 394 g/mol. The Morgan fingerprint density at radius 2 is 1.90 bits per heavy atom. The molecule has 0 spiro atoms. The first kappa shape index (κ1) is 22.7. The van der Waals surface area contributed by atoms with E-state index in [2.05, 4.69) is 5.32 Å². The van der Waals surface area contributed by atoms with Crippen LogP contribution >= 0.6 is 0 Å². The van der Waals surface area contributed by atoms with Gasteiger partial charge in [0.1, 0.15) is 11.5 Å². The van der Waals surface area contributed by atoms with Crippen molar-refractivity contribution in [2.45, 2.75) is 46.6 Å². The lowest BCUT2D eigenvalue weighted by molar-refractivity contribution is -0.139. The summed E-state index contributed by atoms with van der Waals surface area (Å²) in [5, 5.41) is 12.0. The molecule has 6 nitrogen and oxygen atoms in total. The van der Waals surface area contributed by atoms with Crippen LogP contribution in [0.1, 0.15) is 41.2 Å². The maximum atomic E-state index is 12.8. The molecule has 0 unspecified atom stereocenters. The Hall–Kier alpha value is -3.02.